The molecule has 1 aromatic heterocycles. The summed E-state index contributed by atoms with van der Waals surface area (Å²) in [5, 5.41) is 10.7. The minimum absolute atomic E-state index is 0.239. The van der Waals surface area contributed by atoms with Gasteiger partial charge < -0.3 is 14.4 Å². The molecule has 82 valence electrons. The molecule has 2 saturated heterocycles. The van der Waals surface area contributed by atoms with Gasteiger partial charge in [-0.15, -0.1) is 0 Å². The molecule has 15 heavy (non-hydrogen) atoms. The van der Waals surface area contributed by atoms with Gasteiger partial charge in [0.25, 0.3) is 0 Å². The molecule has 2 bridgehead atoms. The first-order chi connectivity index (χ1) is 7.17. The van der Waals surface area contributed by atoms with Gasteiger partial charge in [0.05, 0.1) is 30.4 Å². The van der Waals surface area contributed by atoms with Crippen molar-refractivity contribution in [2.24, 2.45) is 7.05 Å². The van der Waals surface area contributed by atoms with Gasteiger partial charge in [0, 0.05) is 19.9 Å². The van der Waals surface area contributed by atoms with Crippen LogP contribution in [-0.2, 0) is 17.4 Å². The second-order valence-corrected chi connectivity index (χ2v) is 4.79. The molecule has 1 aromatic rings. The predicted molar refractivity (Wildman–Crippen MR) is 54.2 cm³/mol. The zero-order valence-electron chi connectivity index (χ0n) is 8.89. The van der Waals surface area contributed by atoms with Crippen LogP contribution in [0, 0.1) is 0 Å². The average Bonchev–Trinajstić information content (AvgIpc) is 2.73. The molecular weight excluding hydrogens is 192 g/mol. The maximum Gasteiger partial charge on any atom is 0.111 e. The Morgan fingerprint density at radius 3 is 2.67 bits per heavy atom. The van der Waals surface area contributed by atoms with Crippen LogP contribution in [0.4, 0.5) is 0 Å². The van der Waals surface area contributed by atoms with Crippen molar-refractivity contribution < 1.29 is 9.84 Å². The summed E-state index contributed by atoms with van der Waals surface area (Å²) in [5.74, 6) is 0. The molecule has 0 amide bonds. The maximum atomic E-state index is 10.7. The molecule has 2 fully saturated rings. The van der Waals surface area contributed by atoms with Crippen molar-refractivity contribution in [3.8, 4) is 0 Å². The second-order valence-electron chi connectivity index (χ2n) is 4.79. The summed E-state index contributed by atoms with van der Waals surface area (Å²) in [6.45, 7) is 0. The smallest absolute Gasteiger partial charge is 0.111 e. The monoisotopic (exact) mass is 208 g/mol. The van der Waals surface area contributed by atoms with E-state index in [4.69, 9.17) is 4.74 Å². The summed E-state index contributed by atoms with van der Waals surface area (Å²) in [7, 11) is 1.93. The first-order valence-corrected chi connectivity index (χ1v) is 5.52. The molecule has 0 saturated carbocycles. The van der Waals surface area contributed by atoms with E-state index >= 15 is 0 Å². The summed E-state index contributed by atoms with van der Waals surface area (Å²) in [4.78, 5) is 4.07. The minimum atomic E-state index is -0.727. The Labute approximate surface area is 88.9 Å². The fourth-order valence-electron chi connectivity index (χ4n) is 2.93. The molecule has 2 unspecified atom stereocenters. The van der Waals surface area contributed by atoms with Crippen LogP contribution in [0.5, 0.6) is 0 Å². The SMILES string of the molecule is Cn1cncc1C1(O)CC2CCC(C1)O2. The standard InChI is InChI=1S/C11H16N2O2/c1-13-7-12-6-10(13)11(14)4-8-2-3-9(5-11)15-8/h6-9,14H,2-5H2,1H3. The van der Waals surface area contributed by atoms with Gasteiger partial charge in [-0.3, -0.25) is 0 Å². The van der Waals surface area contributed by atoms with Crippen LogP contribution < -0.4 is 0 Å². The van der Waals surface area contributed by atoms with Crippen LogP contribution in [0.3, 0.4) is 0 Å². The quantitative estimate of drug-likeness (QED) is 0.747. The van der Waals surface area contributed by atoms with Crippen molar-refractivity contribution in [1.29, 1.82) is 0 Å². The summed E-state index contributed by atoms with van der Waals surface area (Å²) < 4.78 is 7.65. The van der Waals surface area contributed by atoms with E-state index in [0.29, 0.717) is 12.8 Å². The predicted octanol–water partition coefficient (Wildman–Crippen LogP) is 0.949. The molecule has 2 aliphatic heterocycles. The number of hydrogen-bond donors (Lipinski definition) is 1. The lowest BCUT2D eigenvalue weighted by Crippen LogP contribution is -2.39. The molecule has 0 spiro atoms. The largest absolute Gasteiger partial charge is 0.383 e. The molecule has 4 nitrogen and oxygen atoms in total. The molecule has 2 atom stereocenters. The lowest BCUT2D eigenvalue weighted by atomic mass is 9.87. The minimum Gasteiger partial charge on any atom is -0.383 e. The number of aryl methyl sites for hydroxylation is 1. The van der Waals surface area contributed by atoms with Crippen LogP contribution >= 0.6 is 0 Å². The van der Waals surface area contributed by atoms with Crippen LogP contribution in [0.2, 0.25) is 0 Å². The summed E-state index contributed by atoms with van der Waals surface area (Å²) >= 11 is 0. The van der Waals surface area contributed by atoms with Crippen molar-refractivity contribution >= 4 is 0 Å². The summed E-state index contributed by atoms with van der Waals surface area (Å²) in [6, 6.07) is 0. The maximum absolute atomic E-state index is 10.7. The van der Waals surface area contributed by atoms with E-state index in [9.17, 15) is 5.11 Å². The van der Waals surface area contributed by atoms with Crippen molar-refractivity contribution in [2.45, 2.75) is 43.5 Å². The van der Waals surface area contributed by atoms with Crippen LogP contribution in [0.15, 0.2) is 12.5 Å². The summed E-state index contributed by atoms with van der Waals surface area (Å²) in [5.41, 5.74) is 0.192. The highest BCUT2D eigenvalue weighted by Crippen LogP contribution is 2.43. The average molecular weight is 208 g/mol. The Balaban J connectivity index is 1.94. The second kappa shape index (κ2) is 3.06. The number of aromatic nitrogens is 2. The molecular formula is C11H16N2O2. The van der Waals surface area contributed by atoms with E-state index < -0.39 is 5.60 Å². The van der Waals surface area contributed by atoms with Gasteiger partial charge in [-0.1, -0.05) is 0 Å². The number of hydrogen-bond acceptors (Lipinski definition) is 3. The van der Waals surface area contributed by atoms with Crippen molar-refractivity contribution in [1.82, 2.24) is 9.55 Å². The van der Waals surface area contributed by atoms with Crippen molar-refractivity contribution in [3.63, 3.8) is 0 Å². The van der Waals surface area contributed by atoms with Crippen molar-refractivity contribution in [3.05, 3.63) is 18.2 Å². The van der Waals surface area contributed by atoms with E-state index in [1.165, 1.54) is 0 Å². The highest BCUT2D eigenvalue weighted by Gasteiger charge is 2.45. The van der Waals surface area contributed by atoms with Gasteiger partial charge in [-0.25, -0.2) is 4.98 Å². The van der Waals surface area contributed by atoms with Gasteiger partial charge in [0.15, 0.2) is 0 Å². The molecule has 0 aliphatic carbocycles. The lowest BCUT2D eigenvalue weighted by molar-refractivity contribution is -0.118. The fraction of sp³-hybridized carbons (Fsp3) is 0.727. The third-order valence-electron chi connectivity index (χ3n) is 3.62. The third-order valence-corrected chi connectivity index (χ3v) is 3.62. The van der Waals surface area contributed by atoms with E-state index in [2.05, 4.69) is 4.98 Å². The molecule has 3 rings (SSSR count). The molecule has 4 heteroatoms. The molecule has 2 aliphatic rings. The highest BCUT2D eigenvalue weighted by atomic mass is 16.5. The van der Waals surface area contributed by atoms with Gasteiger partial charge in [0.1, 0.15) is 5.60 Å². The molecule has 1 N–H and O–H groups in total. The number of imidazole rings is 1. The van der Waals surface area contributed by atoms with E-state index in [-0.39, 0.29) is 12.2 Å². The lowest BCUT2D eigenvalue weighted by Gasteiger charge is -2.36. The van der Waals surface area contributed by atoms with Crippen LogP contribution in [0.1, 0.15) is 31.4 Å². The van der Waals surface area contributed by atoms with Gasteiger partial charge >= 0.3 is 0 Å². The Hall–Kier alpha value is -0.870. The molecule has 0 aromatic carbocycles. The number of nitrogens with zero attached hydrogens (tertiary/aromatic N) is 2. The normalized spacial score (nSPS) is 39.6. The topological polar surface area (TPSA) is 47.3 Å². The Morgan fingerprint density at radius 1 is 1.47 bits per heavy atom. The van der Waals surface area contributed by atoms with Crippen molar-refractivity contribution in [2.75, 3.05) is 0 Å². The van der Waals surface area contributed by atoms with Crippen LogP contribution in [0.25, 0.3) is 0 Å². The molecule has 3 heterocycles. The Bertz CT molecular complexity index is 362. The first kappa shape index (κ1) is 9.36. The number of aliphatic hydroxyl groups is 1. The first-order valence-electron chi connectivity index (χ1n) is 5.52. The van der Waals surface area contributed by atoms with Gasteiger partial charge in [-0.05, 0) is 12.8 Å². The third kappa shape index (κ3) is 1.40. The highest BCUT2D eigenvalue weighted by molar-refractivity contribution is 5.13. The van der Waals surface area contributed by atoms with E-state index in [1.807, 2.05) is 11.6 Å². The zero-order chi connectivity index (χ0) is 10.5. The number of fused-ring (bicyclic) bond motifs is 2. The Kier molecular flexibility index (Phi) is 1.91. The summed E-state index contributed by atoms with van der Waals surface area (Å²) in [6.07, 6.45) is 7.59. The van der Waals surface area contributed by atoms with Crippen LogP contribution in [-0.4, -0.2) is 26.9 Å². The zero-order valence-corrected chi connectivity index (χ0v) is 8.89. The number of ether oxygens (including phenoxy) is 1. The van der Waals surface area contributed by atoms with E-state index in [1.54, 1.807) is 12.5 Å². The van der Waals surface area contributed by atoms with Gasteiger partial charge in [-0.2, -0.15) is 0 Å². The number of rotatable bonds is 1. The van der Waals surface area contributed by atoms with E-state index in [0.717, 1.165) is 18.5 Å². The molecule has 0 radical (unpaired) electrons. The Morgan fingerprint density at radius 2 is 2.13 bits per heavy atom. The fourth-order valence-corrected chi connectivity index (χ4v) is 2.93. The van der Waals surface area contributed by atoms with Gasteiger partial charge in [0.2, 0.25) is 0 Å².